The van der Waals surface area contributed by atoms with E-state index in [1.807, 2.05) is 18.5 Å². The van der Waals surface area contributed by atoms with Crippen LogP contribution in [0.25, 0.3) is 0 Å². The van der Waals surface area contributed by atoms with E-state index in [2.05, 4.69) is 97.9 Å². The molecule has 0 unspecified atom stereocenters. The van der Waals surface area contributed by atoms with Gasteiger partial charge in [0.15, 0.2) is 0 Å². The predicted octanol–water partition coefficient (Wildman–Crippen LogP) is 8.71. The molecule has 1 aliphatic heterocycles. The zero-order valence-corrected chi connectivity index (χ0v) is 37.0. The van der Waals surface area contributed by atoms with Crippen molar-refractivity contribution in [2.45, 2.75) is 165 Å². The second kappa shape index (κ2) is 15.3. The molecule has 4 fully saturated rings. The number of aromatic nitrogens is 3. The molecular formula is C45H75N5O6. The van der Waals surface area contributed by atoms with Crippen LogP contribution in [-0.2, 0) is 14.2 Å². The molecule has 0 spiro atoms. The maximum atomic E-state index is 13.8. The molecule has 3 saturated carbocycles. The Morgan fingerprint density at radius 2 is 1.77 bits per heavy atom. The SMILES string of the molecule is CCCN[C@@](C)(CO[C@H]1[C@H](n2ncnc2C(=O)NC(C)C)C[C@@]23COC[C@]1(C)[C@@H]2CC[C@H]1C3=CC[C@]2(C)[C@H](OC(=O)O)[C@@](C)([C@H](C)C(C)C)CC[C@]12C)C(C)C. The number of nitrogens with zero attached hydrogens (tertiary/aromatic N) is 3. The van der Waals surface area contributed by atoms with Crippen LogP contribution >= 0.6 is 0 Å². The Morgan fingerprint density at radius 3 is 2.39 bits per heavy atom. The van der Waals surface area contributed by atoms with Crippen LogP contribution in [0.3, 0.4) is 0 Å². The second-order valence-electron chi connectivity index (χ2n) is 21.0. The maximum absolute atomic E-state index is 13.8. The monoisotopic (exact) mass is 782 g/mol. The van der Waals surface area contributed by atoms with E-state index in [0.717, 1.165) is 51.5 Å². The molecule has 0 radical (unpaired) electrons. The van der Waals surface area contributed by atoms with Gasteiger partial charge < -0.3 is 30.0 Å². The minimum Gasteiger partial charge on any atom is -0.450 e. The summed E-state index contributed by atoms with van der Waals surface area (Å²) in [6.45, 7) is 31.7. The fourth-order valence-corrected chi connectivity index (χ4v) is 12.9. The van der Waals surface area contributed by atoms with Gasteiger partial charge in [0.05, 0.1) is 32.0 Å². The Bertz CT molecular complexity index is 1640. The molecule has 2 bridgehead atoms. The summed E-state index contributed by atoms with van der Waals surface area (Å²) in [4.78, 5) is 30.8. The molecule has 4 aliphatic carbocycles. The fraction of sp³-hybridized carbons (Fsp3) is 0.867. The van der Waals surface area contributed by atoms with Gasteiger partial charge in [-0.15, -0.1) is 0 Å². The van der Waals surface area contributed by atoms with Gasteiger partial charge in [-0.1, -0.05) is 80.9 Å². The van der Waals surface area contributed by atoms with Crippen molar-refractivity contribution in [3.8, 4) is 0 Å². The van der Waals surface area contributed by atoms with Gasteiger partial charge >= 0.3 is 6.16 Å². The molecule has 5 aliphatic rings. The van der Waals surface area contributed by atoms with Crippen molar-refractivity contribution in [1.29, 1.82) is 0 Å². The zero-order chi connectivity index (χ0) is 41.2. The van der Waals surface area contributed by atoms with Crippen molar-refractivity contribution in [3.05, 3.63) is 23.8 Å². The molecule has 0 aromatic carbocycles. The van der Waals surface area contributed by atoms with Gasteiger partial charge in [-0.3, -0.25) is 4.79 Å². The lowest BCUT2D eigenvalue weighted by molar-refractivity contribution is -0.257. The quantitative estimate of drug-likeness (QED) is 0.133. The normalized spacial score (nSPS) is 39.6. The maximum Gasteiger partial charge on any atom is 0.506 e. The third kappa shape index (κ3) is 6.65. The number of carbonyl (C=O) groups excluding carboxylic acids is 1. The van der Waals surface area contributed by atoms with Crippen LogP contribution in [0.15, 0.2) is 18.0 Å². The van der Waals surface area contributed by atoms with E-state index < -0.39 is 17.7 Å². The van der Waals surface area contributed by atoms with Gasteiger partial charge in [-0.05, 0) is 107 Å². The molecule has 3 N–H and O–H groups in total. The summed E-state index contributed by atoms with van der Waals surface area (Å²) >= 11 is 0. The number of fused-ring (bicyclic) bond motifs is 3. The topological polar surface area (TPSA) is 137 Å². The third-order valence-electron chi connectivity index (χ3n) is 17.1. The summed E-state index contributed by atoms with van der Waals surface area (Å²) in [5.41, 5.74) is -0.336. The van der Waals surface area contributed by atoms with Crippen molar-refractivity contribution in [2.75, 3.05) is 26.4 Å². The Balaban J connectivity index is 1.47. The number of allylic oxidation sites excluding steroid dienone is 1. The molecule has 1 aromatic rings. The van der Waals surface area contributed by atoms with Crippen LogP contribution in [0.5, 0.6) is 0 Å². The van der Waals surface area contributed by atoms with Crippen LogP contribution in [0.2, 0.25) is 0 Å². The molecular weight excluding hydrogens is 707 g/mol. The summed E-state index contributed by atoms with van der Waals surface area (Å²) < 4.78 is 22.1. The highest BCUT2D eigenvalue weighted by Gasteiger charge is 2.72. The minimum absolute atomic E-state index is 0.0490. The van der Waals surface area contributed by atoms with Gasteiger partial charge in [-0.2, -0.15) is 5.10 Å². The summed E-state index contributed by atoms with van der Waals surface area (Å²) in [5.74, 6) is 1.64. The molecule has 316 valence electrons. The van der Waals surface area contributed by atoms with Crippen LogP contribution in [0.4, 0.5) is 4.79 Å². The molecule has 1 aromatic heterocycles. The molecule has 6 rings (SSSR count). The van der Waals surface area contributed by atoms with Crippen molar-refractivity contribution in [3.63, 3.8) is 0 Å². The average Bonchev–Trinajstić information content (AvgIpc) is 3.62. The molecule has 1 saturated heterocycles. The van der Waals surface area contributed by atoms with Crippen molar-refractivity contribution in [1.82, 2.24) is 25.4 Å². The lowest BCUT2D eigenvalue weighted by atomic mass is 9.35. The average molecular weight is 782 g/mol. The first-order chi connectivity index (χ1) is 26.1. The highest BCUT2D eigenvalue weighted by atomic mass is 16.7. The van der Waals surface area contributed by atoms with Gasteiger partial charge in [0.2, 0.25) is 5.82 Å². The van der Waals surface area contributed by atoms with Crippen LogP contribution in [0.1, 0.15) is 152 Å². The molecule has 1 amide bonds. The molecule has 12 atom stereocenters. The Labute approximate surface area is 337 Å². The van der Waals surface area contributed by atoms with E-state index in [1.54, 1.807) is 0 Å². The molecule has 11 nitrogen and oxygen atoms in total. The predicted molar refractivity (Wildman–Crippen MR) is 218 cm³/mol. The van der Waals surface area contributed by atoms with Crippen molar-refractivity contribution < 1.29 is 28.9 Å². The van der Waals surface area contributed by atoms with Crippen molar-refractivity contribution >= 4 is 12.1 Å². The highest BCUT2D eigenvalue weighted by Crippen LogP contribution is 2.74. The lowest BCUT2D eigenvalue weighted by Crippen LogP contribution is -2.70. The van der Waals surface area contributed by atoms with Crippen LogP contribution in [0, 0.1) is 56.7 Å². The molecule has 56 heavy (non-hydrogen) atoms. The van der Waals surface area contributed by atoms with Crippen LogP contribution in [-0.4, -0.2) is 82.1 Å². The van der Waals surface area contributed by atoms with E-state index in [0.29, 0.717) is 43.4 Å². The van der Waals surface area contributed by atoms with E-state index in [4.69, 9.17) is 19.3 Å². The number of carbonyl (C=O) groups is 2. The lowest BCUT2D eigenvalue weighted by Gasteiger charge is -2.71. The van der Waals surface area contributed by atoms with E-state index in [9.17, 15) is 14.7 Å². The first-order valence-electron chi connectivity index (χ1n) is 21.9. The van der Waals surface area contributed by atoms with Gasteiger partial charge in [-0.25, -0.2) is 14.5 Å². The number of rotatable bonds is 13. The summed E-state index contributed by atoms with van der Waals surface area (Å²) in [7, 11) is 0. The minimum atomic E-state index is -1.18. The number of carboxylic acid groups (broad SMARTS) is 1. The van der Waals surface area contributed by atoms with E-state index >= 15 is 0 Å². The van der Waals surface area contributed by atoms with Gasteiger partial charge in [0, 0.05) is 33.2 Å². The first kappa shape index (κ1) is 43.1. The van der Waals surface area contributed by atoms with E-state index in [-0.39, 0.29) is 63.1 Å². The fourth-order valence-electron chi connectivity index (χ4n) is 12.9. The Morgan fingerprint density at radius 1 is 1.05 bits per heavy atom. The number of hydrogen-bond acceptors (Lipinski definition) is 8. The third-order valence-corrected chi connectivity index (χ3v) is 17.1. The smallest absolute Gasteiger partial charge is 0.450 e. The van der Waals surface area contributed by atoms with Gasteiger partial charge in [0.25, 0.3) is 5.91 Å². The summed E-state index contributed by atoms with van der Waals surface area (Å²) in [6.07, 6.45) is 8.58. The van der Waals surface area contributed by atoms with Crippen LogP contribution < -0.4 is 10.6 Å². The Kier molecular flexibility index (Phi) is 11.7. The number of amides is 1. The largest absolute Gasteiger partial charge is 0.506 e. The van der Waals surface area contributed by atoms with Gasteiger partial charge in [0.1, 0.15) is 12.4 Å². The summed E-state index contributed by atoms with van der Waals surface area (Å²) in [6, 6.07) is -0.310. The molecule has 11 heteroatoms. The first-order valence-corrected chi connectivity index (χ1v) is 21.9. The van der Waals surface area contributed by atoms with Crippen molar-refractivity contribution in [2.24, 2.45) is 56.7 Å². The number of hydrogen-bond donors (Lipinski definition) is 3. The Hall–Kier alpha value is -2.50. The van der Waals surface area contributed by atoms with E-state index in [1.165, 1.54) is 11.9 Å². The zero-order valence-electron chi connectivity index (χ0n) is 37.0. The second-order valence-corrected chi connectivity index (χ2v) is 21.0. The number of nitrogens with one attached hydrogen (secondary N) is 2. The standard InChI is InChI=1S/C45H75N5O6/c1-14-21-47-44(13,28(4)5)24-55-35-33(50-36(46-26-48-50)37(51)49-29(6)7)22-45-25-54-23-41(35,10)34(45)16-15-31-32(45)17-18-43(12)38(56-39(52)53)40(9,30(8)27(2)3)19-20-42(31,43)11/h17,26-31,33-35,38,47H,14-16,18-25H2,1-13H3,(H,49,51)(H,52,53)/t30-,31+,33-,34+,35+,38-,40-,41-,42-,43-,44+,45+/m1/s1. The molecule has 2 heterocycles. The highest BCUT2D eigenvalue weighted by molar-refractivity contribution is 5.90. The summed E-state index contributed by atoms with van der Waals surface area (Å²) in [5, 5.41) is 22.0. The number of ether oxygens (including phenoxy) is 3.